The second-order valence-electron chi connectivity index (χ2n) is 6.79. The normalized spacial score (nSPS) is 22.9. The minimum atomic E-state index is -0.339. The highest BCUT2D eigenvalue weighted by Gasteiger charge is 2.49. The lowest BCUT2D eigenvalue weighted by Gasteiger charge is -2.44. The van der Waals surface area contributed by atoms with Crippen molar-refractivity contribution >= 4 is 11.8 Å². The maximum absolute atomic E-state index is 12.7. The summed E-state index contributed by atoms with van der Waals surface area (Å²) in [6, 6.07) is 7.51. The van der Waals surface area contributed by atoms with E-state index in [1.54, 1.807) is 6.08 Å². The number of benzene rings is 1. The number of nitrogens with one attached hydrogen (secondary N) is 1. The molecule has 5 heteroatoms. The van der Waals surface area contributed by atoms with Crippen LogP contribution in [0.2, 0.25) is 0 Å². The molecular weight excluding hydrogens is 302 g/mol. The molecule has 2 amide bonds. The van der Waals surface area contributed by atoms with Gasteiger partial charge in [-0.15, -0.1) is 6.58 Å². The van der Waals surface area contributed by atoms with E-state index in [0.29, 0.717) is 19.6 Å². The lowest BCUT2D eigenvalue weighted by Crippen LogP contribution is -2.59. The van der Waals surface area contributed by atoms with E-state index >= 15 is 0 Å². The molecule has 0 aromatic heterocycles. The zero-order valence-electron chi connectivity index (χ0n) is 14.4. The van der Waals surface area contributed by atoms with Gasteiger partial charge in [0.1, 0.15) is 0 Å². The number of piperidine rings is 1. The number of hydrogen-bond donors (Lipinski definition) is 1. The van der Waals surface area contributed by atoms with Crippen molar-refractivity contribution in [3.8, 4) is 0 Å². The van der Waals surface area contributed by atoms with E-state index in [1.165, 1.54) is 0 Å². The van der Waals surface area contributed by atoms with Gasteiger partial charge < -0.3 is 9.80 Å². The van der Waals surface area contributed by atoms with Gasteiger partial charge in [0, 0.05) is 38.0 Å². The van der Waals surface area contributed by atoms with Crippen LogP contribution < -0.4 is 5.32 Å². The van der Waals surface area contributed by atoms with E-state index in [2.05, 4.69) is 11.9 Å². The predicted molar refractivity (Wildman–Crippen MR) is 93.6 cm³/mol. The van der Waals surface area contributed by atoms with Gasteiger partial charge in [0.05, 0.1) is 11.7 Å². The summed E-state index contributed by atoms with van der Waals surface area (Å²) in [7, 11) is 0. The Balaban J connectivity index is 1.71. The first kappa shape index (κ1) is 16.7. The Morgan fingerprint density at radius 1 is 1.33 bits per heavy atom. The Bertz CT molecular complexity index is 645. The number of hydrogen-bond acceptors (Lipinski definition) is 3. The van der Waals surface area contributed by atoms with E-state index < -0.39 is 0 Å². The van der Waals surface area contributed by atoms with E-state index in [1.807, 2.05) is 47.9 Å². The molecule has 5 nitrogen and oxygen atoms in total. The molecule has 1 aromatic rings. The van der Waals surface area contributed by atoms with Crippen LogP contribution in [0.25, 0.3) is 0 Å². The first-order valence-corrected chi connectivity index (χ1v) is 8.53. The molecule has 1 aromatic carbocycles. The fourth-order valence-corrected chi connectivity index (χ4v) is 3.75. The number of rotatable bonds is 3. The van der Waals surface area contributed by atoms with Gasteiger partial charge in [0.2, 0.25) is 5.91 Å². The van der Waals surface area contributed by atoms with Crippen LogP contribution in [0.15, 0.2) is 36.9 Å². The highest BCUT2D eigenvalue weighted by atomic mass is 16.2. The largest absolute Gasteiger partial charge is 0.338 e. The van der Waals surface area contributed by atoms with Gasteiger partial charge >= 0.3 is 0 Å². The van der Waals surface area contributed by atoms with E-state index in [0.717, 1.165) is 24.0 Å². The van der Waals surface area contributed by atoms with Crippen molar-refractivity contribution < 1.29 is 9.59 Å². The Kier molecular flexibility index (Phi) is 4.45. The summed E-state index contributed by atoms with van der Waals surface area (Å²) in [6.45, 7) is 9.51. The zero-order chi connectivity index (χ0) is 17.3. The fourth-order valence-electron chi connectivity index (χ4n) is 3.75. The second kappa shape index (κ2) is 6.40. The molecule has 2 heterocycles. The molecule has 1 atom stereocenters. The van der Waals surface area contributed by atoms with Gasteiger partial charge in [0.15, 0.2) is 0 Å². The van der Waals surface area contributed by atoms with Gasteiger partial charge in [-0.25, -0.2) is 0 Å². The number of nitrogens with zero attached hydrogens (tertiary/aromatic N) is 2. The fraction of sp³-hybridized carbons (Fsp3) is 0.474. The summed E-state index contributed by atoms with van der Waals surface area (Å²) in [4.78, 5) is 28.8. The summed E-state index contributed by atoms with van der Waals surface area (Å²) in [6.07, 6.45) is 3.26. The molecule has 3 rings (SSSR count). The third-order valence-corrected chi connectivity index (χ3v) is 5.13. The topological polar surface area (TPSA) is 52.7 Å². The Morgan fingerprint density at radius 3 is 2.54 bits per heavy atom. The molecular formula is C19H25N3O2. The molecule has 2 aliphatic heterocycles. The predicted octanol–water partition coefficient (Wildman–Crippen LogP) is 1.93. The minimum absolute atomic E-state index is 0.0671. The second-order valence-corrected chi connectivity index (χ2v) is 6.79. The van der Waals surface area contributed by atoms with Crippen LogP contribution in [-0.2, 0) is 4.79 Å². The number of aryl methyl sites for hydroxylation is 1. The van der Waals surface area contributed by atoms with Crippen molar-refractivity contribution in [3.05, 3.63) is 48.0 Å². The average Bonchev–Trinajstić information content (AvgIpc) is 2.80. The van der Waals surface area contributed by atoms with E-state index in [-0.39, 0.29) is 23.5 Å². The van der Waals surface area contributed by atoms with E-state index in [9.17, 15) is 9.59 Å². The third-order valence-electron chi connectivity index (χ3n) is 5.13. The van der Waals surface area contributed by atoms with Gasteiger partial charge in [0.25, 0.3) is 5.91 Å². The van der Waals surface area contributed by atoms with Crippen LogP contribution in [0.4, 0.5) is 0 Å². The Morgan fingerprint density at radius 2 is 1.96 bits per heavy atom. The summed E-state index contributed by atoms with van der Waals surface area (Å²) in [5, 5.41) is 3.45. The molecule has 2 fully saturated rings. The quantitative estimate of drug-likeness (QED) is 0.863. The smallest absolute Gasteiger partial charge is 0.253 e. The van der Waals surface area contributed by atoms with Crippen LogP contribution >= 0.6 is 0 Å². The summed E-state index contributed by atoms with van der Waals surface area (Å²) in [5.74, 6) is 0.186. The molecule has 0 radical (unpaired) electrons. The summed E-state index contributed by atoms with van der Waals surface area (Å²) < 4.78 is 0. The molecule has 2 saturated heterocycles. The van der Waals surface area contributed by atoms with Crippen LogP contribution in [0.1, 0.15) is 35.7 Å². The molecule has 1 N–H and O–H groups in total. The zero-order valence-corrected chi connectivity index (χ0v) is 14.4. The summed E-state index contributed by atoms with van der Waals surface area (Å²) in [5.41, 5.74) is 1.53. The molecule has 2 aliphatic rings. The van der Waals surface area contributed by atoms with Crippen LogP contribution in [0.5, 0.6) is 0 Å². The third kappa shape index (κ3) is 2.84. The van der Waals surface area contributed by atoms with E-state index in [4.69, 9.17) is 0 Å². The molecule has 0 unspecified atom stereocenters. The molecule has 0 saturated carbocycles. The average molecular weight is 327 g/mol. The van der Waals surface area contributed by atoms with Gasteiger partial charge in [-0.1, -0.05) is 23.8 Å². The first-order valence-electron chi connectivity index (χ1n) is 8.53. The maximum atomic E-state index is 12.7. The van der Waals surface area contributed by atoms with Crippen molar-refractivity contribution in [3.63, 3.8) is 0 Å². The standard InChI is InChI=1S/C19H25N3O2/c1-4-11-22-17(23)15(3)20-19(22)9-12-21(13-10-19)18(24)16-7-5-14(2)6-8-16/h4-8,15,20H,1,9-13H2,2-3H3/t15-/m1/s1. The number of likely N-dealkylation sites (tertiary alicyclic amines) is 1. The number of amides is 2. The lowest BCUT2D eigenvalue weighted by molar-refractivity contribution is -0.132. The summed E-state index contributed by atoms with van der Waals surface area (Å²) >= 11 is 0. The molecule has 0 bridgehead atoms. The first-order chi connectivity index (χ1) is 11.5. The van der Waals surface area contributed by atoms with Crippen molar-refractivity contribution in [2.75, 3.05) is 19.6 Å². The van der Waals surface area contributed by atoms with Crippen molar-refractivity contribution in [2.45, 2.75) is 38.4 Å². The van der Waals surface area contributed by atoms with Crippen LogP contribution in [-0.4, -0.2) is 53.0 Å². The maximum Gasteiger partial charge on any atom is 0.253 e. The molecule has 24 heavy (non-hydrogen) atoms. The Hall–Kier alpha value is -2.14. The van der Waals surface area contributed by atoms with Crippen molar-refractivity contribution in [2.24, 2.45) is 0 Å². The monoisotopic (exact) mass is 327 g/mol. The number of carbonyl (C=O) groups excluding carboxylic acids is 2. The van der Waals surface area contributed by atoms with Gasteiger partial charge in [-0.2, -0.15) is 0 Å². The SMILES string of the molecule is C=CCN1C(=O)[C@@H](C)NC12CCN(C(=O)c1ccc(C)cc1)CC2. The number of carbonyl (C=O) groups is 2. The Labute approximate surface area is 143 Å². The van der Waals surface area contributed by atoms with Crippen molar-refractivity contribution in [1.29, 1.82) is 0 Å². The minimum Gasteiger partial charge on any atom is -0.338 e. The lowest BCUT2D eigenvalue weighted by atomic mass is 9.95. The van der Waals surface area contributed by atoms with Crippen molar-refractivity contribution in [1.82, 2.24) is 15.1 Å². The van der Waals surface area contributed by atoms with Gasteiger partial charge in [-0.05, 0) is 26.0 Å². The molecule has 1 spiro atoms. The highest BCUT2D eigenvalue weighted by Crippen LogP contribution is 2.32. The van der Waals surface area contributed by atoms with Crippen LogP contribution in [0.3, 0.4) is 0 Å². The highest BCUT2D eigenvalue weighted by molar-refractivity contribution is 5.94. The molecule has 0 aliphatic carbocycles. The van der Waals surface area contributed by atoms with Gasteiger partial charge in [-0.3, -0.25) is 14.9 Å². The van der Waals surface area contributed by atoms with Crippen LogP contribution in [0, 0.1) is 6.92 Å². The molecule has 128 valence electrons.